The lowest BCUT2D eigenvalue weighted by Gasteiger charge is -2.46. The van der Waals surface area contributed by atoms with Crippen LogP contribution in [0.5, 0.6) is 0 Å². The number of benzene rings is 4. The molecule has 0 aromatic heterocycles. The largest absolute Gasteiger partial charge is 0.0719 e. The van der Waals surface area contributed by atoms with Crippen LogP contribution in [-0.2, 0) is 10.8 Å². The van der Waals surface area contributed by atoms with Gasteiger partial charge in [0.1, 0.15) is 0 Å². The fraction of sp³-hybridized carbons (Fsp3) is 0.143. The van der Waals surface area contributed by atoms with Crippen molar-refractivity contribution in [3.8, 4) is 11.1 Å². The van der Waals surface area contributed by atoms with E-state index in [0.717, 1.165) is 4.47 Å². The summed E-state index contributed by atoms with van der Waals surface area (Å²) in [4.78, 5) is 0. The van der Waals surface area contributed by atoms with Crippen LogP contribution in [0.2, 0.25) is 0 Å². The Balaban J connectivity index is 1.88. The molecule has 29 heavy (non-hydrogen) atoms. The van der Waals surface area contributed by atoms with Gasteiger partial charge in [-0.25, -0.2) is 0 Å². The number of hydrogen-bond donors (Lipinski definition) is 0. The first-order valence-corrected chi connectivity index (χ1v) is 11.0. The van der Waals surface area contributed by atoms with Gasteiger partial charge >= 0.3 is 0 Å². The third-order valence-corrected chi connectivity index (χ3v) is 7.51. The van der Waals surface area contributed by atoms with E-state index in [1.54, 1.807) is 0 Å². The van der Waals surface area contributed by atoms with Gasteiger partial charge in [0.2, 0.25) is 0 Å². The van der Waals surface area contributed by atoms with Crippen LogP contribution in [0, 0.1) is 0 Å². The maximum atomic E-state index is 3.71. The molecule has 1 spiro atoms. The van der Waals surface area contributed by atoms with Crippen LogP contribution in [0.4, 0.5) is 0 Å². The Bertz CT molecular complexity index is 1250. The number of halogens is 1. The van der Waals surface area contributed by atoms with Crippen molar-refractivity contribution in [1.82, 2.24) is 0 Å². The average Bonchev–Trinajstić information content (AvgIpc) is 3.03. The molecule has 2 aliphatic carbocycles. The normalized spacial score (nSPS) is 16.7. The van der Waals surface area contributed by atoms with Crippen molar-refractivity contribution in [2.24, 2.45) is 0 Å². The highest BCUT2D eigenvalue weighted by Gasteiger charge is 2.52. The summed E-state index contributed by atoms with van der Waals surface area (Å²) in [5.74, 6) is 0. The van der Waals surface area contributed by atoms with E-state index < -0.39 is 0 Å². The second kappa shape index (κ2) is 5.70. The Hall–Kier alpha value is -2.64. The van der Waals surface area contributed by atoms with Gasteiger partial charge in [0, 0.05) is 9.89 Å². The van der Waals surface area contributed by atoms with E-state index in [9.17, 15) is 0 Å². The lowest BCUT2D eigenvalue weighted by molar-refractivity contribution is 0.563. The fourth-order valence-corrected chi connectivity index (χ4v) is 6.20. The first kappa shape index (κ1) is 17.2. The zero-order valence-electron chi connectivity index (χ0n) is 16.5. The smallest absolute Gasteiger partial charge is 0.0619 e. The number of fused-ring (bicyclic) bond motifs is 9. The van der Waals surface area contributed by atoms with Gasteiger partial charge in [0.15, 0.2) is 0 Å². The highest BCUT2D eigenvalue weighted by Crippen LogP contribution is 2.62. The molecule has 0 N–H and O–H groups in total. The van der Waals surface area contributed by atoms with Crippen molar-refractivity contribution in [2.75, 3.05) is 0 Å². The highest BCUT2D eigenvalue weighted by molar-refractivity contribution is 9.10. The van der Waals surface area contributed by atoms with Crippen LogP contribution in [0.1, 0.15) is 47.2 Å². The van der Waals surface area contributed by atoms with Crippen molar-refractivity contribution in [2.45, 2.75) is 24.7 Å². The Kier molecular flexibility index (Phi) is 3.39. The predicted molar refractivity (Wildman–Crippen MR) is 124 cm³/mol. The number of hydrogen-bond acceptors (Lipinski definition) is 0. The topological polar surface area (TPSA) is 0 Å². The lowest BCUT2D eigenvalue weighted by atomic mass is 9.55. The van der Waals surface area contributed by atoms with E-state index in [1.807, 2.05) is 0 Å². The lowest BCUT2D eigenvalue weighted by Crippen LogP contribution is -2.40. The van der Waals surface area contributed by atoms with Gasteiger partial charge in [-0.3, -0.25) is 0 Å². The molecular weight excluding hydrogens is 416 g/mol. The summed E-state index contributed by atoms with van der Waals surface area (Å²) >= 11 is 3.71. The minimum atomic E-state index is -0.269. The van der Waals surface area contributed by atoms with E-state index >= 15 is 0 Å². The summed E-state index contributed by atoms with van der Waals surface area (Å²) in [6.07, 6.45) is 0. The van der Waals surface area contributed by atoms with Crippen LogP contribution >= 0.6 is 15.9 Å². The maximum Gasteiger partial charge on any atom is 0.0719 e. The Morgan fingerprint density at radius 2 is 1.00 bits per heavy atom. The minimum Gasteiger partial charge on any atom is -0.0619 e. The predicted octanol–water partition coefficient (Wildman–Crippen LogP) is 7.45. The van der Waals surface area contributed by atoms with Gasteiger partial charge in [-0.05, 0) is 56.6 Å². The van der Waals surface area contributed by atoms with Gasteiger partial charge < -0.3 is 0 Å². The number of rotatable bonds is 0. The van der Waals surface area contributed by atoms with Crippen LogP contribution in [0.15, 0.2) is 95.5 Å². The molecule has 4 aromatic carbocycles. The molecule has 0 nitrogen and oxygen atoms in total. The van der Waals surface area contributed by atoms with Gasteiger partial charge in [0.25, 0.3) is 0 Å². The third kappa shape index (κ3) is 1.99. The molecule has 6 rings (SSSR count). The Labute approximate surface area is 180 Å². The summed E-state index contributed by atoms with van der Waals surface area (Å²) in [6.45, 7) is 4.72. The summed E-state index contributed by atoms with van der Waals surface area (Å²) in [6, 6.07) is 33.9. The standard InChI is InChI=1S/C28H21Br/c1-27(2)23-11-5-7-13-25(23)28(26-14-8-6-12-24(26)27)21-10-4-3-9-19(21)20-17-18(29)15-16-22(20)28/h3-17H,1-2H3. The Morgan fingerprint density at radius 1 is 0.517 bits per heavy atom. The quantitative estimate of drug-likeness (QED) is 0.236. The second-order valence-corrected chi connectivity index (χ2v) is 9.62. The second-order valence-electron chi connectivity index (χ2n) is 8.70. The van der Waals surface area contributed by atoms with Crippen molar-refractivity contribution >= 4 is 15.9 Å². The van der Waals surface area contributed by atoms with Gasteiger partial charge in [0.05, 0.1) is 5.41 Å². The molecule has 0 radical (unpaired) electrons. The van der Waals surface area contributed by atoms with Gasteiger partial charge in [-0.2, -0.15) is 0 Å². The summed E-state index contributed by atoms with van der Waals surface area (Å²) in [5, 5.41) is 0. The SMILES string of the molecule is CC1(C)c2ccccc2C2(c3ccccc3-c3cc(Br)ccc32)c2ccccc21. The molecule has 140 valence electrons. The Morgan fingerprint density at radius 3 is 1.62 bits per heavy atom. The molecule has 0 aliphatic heterocycles. The van der Waals surface area contributed by atoms with Gasteiger partial charge in [-0.1, -0.05) is 109 Å². The molecule has 0 saturated carbocycles. The molecule has 4 aromatic rings. The van der Waals surface area contributed by atoms with Crippen molar-refractivity contribution in [1.29, 1.82) is 0 Å². The fourth-order valence-electron chi connectivity index (χ4n) is 5.84. The van der Waals surface area contributed by atoms with E-state index in [-0.39, 0.29) is 10.8 Å². The summed E-state index contributed by atoms with van der Waals surface area (Å²) in [5.41, 5.74) is 10.8. The molecule has 0 fully saturated rings. The van der Waals surface area contributed by atoms with E-state index in [4.69, 9.17) is 0 Å². The molecular formula is C28H21Br. The van der Waals surface area contributed by atoms with Crippen LogP contribution in [0.25, 0.3) is 11.1 Å². The van der Waals surface area contributed by atoms with Gasteiger partial charge in [-0.15, -0.1) is 0 Å². The van der Waals surface area contributed by atoms with Crippen molar-refractivity contribution in [3.63, 3.8) is 0 Å². The molecule has 1 heteroatoms. The maximum absolute atomic E-state index is 3.71. The van der Waals surface area contributed by atoms with Crippen LogP contribution < -0.4 is 0 Å². The monoisotopic (exact) mass is 436 g/mol. The molecule has 0 heterocycles. The van der Waals surface area contributed by atoms with Crippen LogP contribution in [-0.4, -0.2) is 0 Å². The first-order chi connectivity index (χ1) is 14.1. The summed E-state index contributed by atoms with van der Waals surface area (Å²) in [7, 11) is 0. The summed E-state index contributed by atoms with van der Waals surface area (Å²) < 4.78 is 1.13. The van der Waals surface area contributed by atoms with Crippen LogP contribution in [0.3, 0.4) is 0 Å². The molecule has 0 amide bonds. The molecule has 0 atom stereocenters. The highest BCUT2D eigenvalue weighted by atomic mass is 79.9. The van der Waals surface area contributed by atoms with E-state index in [0.29, 0.717) is 0 Å². The first-order valence-electron chi connectivity index (χ1n) is 10.2. The van der Waals surface area contributed by atoms with E-state index in [1.165, 1.54) is 44.5 Å². The van der Waals surface area contributed by atoms with Crippen molar-refractivity contribution < 1.29 is 0 Å². The zero-order chi connectivity index (χ0) is 19.8. The third-order valence-electron chi connectivity index (χ3n) is 7.02. The van der Waals surface area contributed by atoms with Crippen molar-refractivity contribution in [3.05, 3.63) is 129 Å². The zero-order valence-corrected chi connectivity index (χ0v) is 18.1. The average molecular weight is 437 g/mol. The minimum absolute atomic E-state index is 0.0362. The van der Waals surface area contributed by atoms with E-state index in [2.05, 4.69) is 121 Å². The molecule has 0 bridgehead atoms. The molecule has 0 unspecified atom stereocenters. The molecule has 0 saturated heterocycles. The molecule has 2 aliphatic rings.